The Labute approximate surface area is 148 Å². The van der Waals surface area contributed by atoms with Crippen molar-refractivity contribution in [2.24, 2.45) is 0 Å². The highest BCUT2D eigenvalue weighted by Crippen LogP contribution is 2.22. The topological polar surface area (TPSA) is 35.0 Å². The third-order valence-corrected chi connectivity index (χ3v) is 3.58. The number of hydrogen-bond acceptors (Lipinski definition) is 3. The molecule has 0 aliphatic rings. The highest BCUT2D eigenvalue weighted by atomic mass is 16.5. The van der Waals surface area contributed by atoms with Gasteiger partial charge in [-0.2, -0.15) is 0 Å². The molecule has 3 aromatic rings. The maximum Gasteiger partial charge on any atom is 0.148 e. The van der Waals surface area contributed by atoms with Crippen LogP contribution in [-0.2, 0) is 0 Å². The van der Waals surface area contributed by atoms with Crippen LogP contribution in [0, 0.1) is 19.3 Å². The molecular weight excluding hydrogens is 308 g/mol. The van der Waals surface area contributed by atoms with E-state index in [9.17, 15) is 0 Å². The van der Waals surface area contributed by atoms with Gasteiger partial charge < -0.3 is 4.74 Å². The van der Waals surface area contributed by atoms with Gasteiger partial charge >= 0.3 is 0 Å². The summed E-state index contributed by atoms with van der Waals surface area (Å²) in [5, 5.41) is 0. The SMILES string of the molecule is C#CCOc1ccc(-c2cc(/C=C/c3ccccc3)nc(C)n2)cc1. The molecule has 1 heterocycles. The van der Waals surface area contributed by atoms with Crippen molar-refractivity contribution in [1.29, 1.82) is 0 Å². The van der Waals surface area contributed by atoms with E-state index in [2.05, 4.69) is 28.0 Å². The molecule has 0 radical (unpaired) electrons. The molecule has 0 amide bonds. The molecule has 0 saturated carbocycles. The lowest BCUT2D eigenvalue weighted by molar-refractivity contribution is 0.370. The monoisotopic (exact) mass is 326 g/mol. The number of ether oxygens (including phenoxy) is 1. The Morgan fingerprint density at radius 2 is 1.76 bits per heavy atom. The van der Waals surface area contributed by atoms with Gasteiger partial charge in [0.1, 0.15) is 18.2 Å². The number of aromatic nitrogens is 2. The second-order valence-corrected chi connectivity index (χ2v) is 5.49. The molecule has 0 atom stereocenters. The quantitative estimate of drug-likeness (QED) is 0.641. The predicted molar refractivity (Wildman–Crippen MR) is 102 cm³/mol. The van der Waals surface area contributed by atoms with Crippen LogP contribution in [0.5, 0.6) is 5.75 Å². The number of hydrogen-bond donors (Lipinski definition) is 0. The van der Waals surface area contributed by atoms with Crippen molar-refractivity contribution in [3.05, 3.63) is 77.7 Å². The number of aryl methyl sites for hydroxylation is 1. The number of terminal acetylenes is 1. The summed E-state index contributed by atoms with van der Waals surface area (Å²) in [6.07, 6.45) is 9.24. The first kappa shape index (κ1) is 16.5. The Morgan fingerprint density at radius 3 is 2.48 bits per heavy atom. The molecule has 0 unspecified atom stereocenters. The number of benzene rings is 2. The first-order valence-corrected chi connectivity index (χ1v) is 8.00. The summed E-state index contributed by atoms with van der Waals surface area (Å²) in [5.41, 5.74) is 3.89. The van der Waals surface area contributed by atoms with Crippen molar-refractivity contribution in [2.45, 2.75) is 6.92 Å². The average molecular weight is 326 g/mol. The van der Waals surface area contributed by atoms with E-state index < -0.39 is 0 Å². The van der Waals surface area contributed by atoms with E-state index in [1.54, 1.807) is 0 Å². The van der Waals surface area contributed by atoms with Crippen LogP contribution < -0.4 is 4.74 Å². The molecule has 0 aliphatic carbocycles. The first-order chi connectivity index (χ1) is 12.2. The lowest BCUT2D eigenvalue weighted by atomic mass is 10.1. The highest BCUT2D eigenvalue weighted by Gasteiger charge is 2.04. The Balaban J connectivity index is 1.84. The van der Waals surface area contributed by atoms with E-state index in [-0.39, 0.29) is 6.61 Å². The van der Waals surface area contributed by atoms with Crippen molar-refractivity contribution >= 4 is 12.2 Å². The standard InChI is InChI=1S/C22H18N2O/c1-3-15-25-21-13-10-19(11-14-21)22-16-20(23-17(2)24-22)12-9-18-7-5-4-6-8-18/h1,4-14,16H,15H2,2H3/b12-9+. The molecule has 0 N–H and O–H groups in total. The van der Waals surface area contributed by atoms with Crippen molar-refractivity contribution in [3.63, 3.8) is 0 Å². The van der Waals surface area contributed by atoms with E-state index >= 15 is 0 Å². The highest BCUT2D eigenvalue weighted by molar-refractivity contribution is 5.70. The van der Waals surface area contributed by atoms with Gasteiger partial charge in [0.15, 0.2) is 0 Å². The lowest BCUT2D eigenvalue weighted by Gasteiger charge is -2.06. The summed E-state index contributed by atoms with van der Waals surface area (Å²) in [6.45, 7) is 2.16. The van der Waals surface area contributed by atoms with E-state index in [0.29, 0.717) is 0 Å². The Kier molecular flexibility index (Phi) is 5.23. The van der Waals surface area contributed by atoms with Gasteiger partial charge in [-0.3, -0.25) is 0 Å². The Hall–Kier alpha value is -3.38. The van der Waals surface area contributed by atoms with Crippen molar-refractivity contribution in [3.8, 4) is 29.4 Å². The van der Waals surface area contributed by atoms with E-state index in [0.717, 1.165) is 34.1 Å². The predicted octanol–water partition coefficient (Wildman–Crippen LogP) is 4.63. The molecule has 0 fully saturated rings. The molecule has 3 rings (SSSR count). The van der Waals surface area contributed by atoms with Crippen LogP contribution in [0.4, 0.5) is 0 Å². The minimum Gasteiger partial charge on any atom is -0.481 e. The molecule has 0 saturated heterocycles. The Bertz CT molecular complexity index is 907. The molecule has 25 heavy (non-hydrogen) atoms. The molecule has 3 heteroatoms. The van der Waals surface area contributed by atoms with Gasteiger partial charge in [0.05, 0.1) is 11.4 Å². The van der Waals surface area contributed by atoms with Gasteiger partial charge in [-0.15, -0.1) is 6.42 Å². The smallest absolute Gasteiger partial charge is 0.148 e. The van der Waals surface area contributed by atoms with Crippen molar-refractivity contribution in [2.75, 3.05) is 6.61 Å². The zero-order valence-corrected chi connectivity index (χ0v) is 14.0. The number of nitrogens with zero attached hydrogens (tertiary/aromatic N) is 2. The minimum atomic E-state index is 0.264. The second kappa shape index (κ2) is 7.94. The Morgan fingerprint density at radius 1 is 1.00 bits per heavy atom. The van der Waals surface area contributed by atoms with Gasteiger partial charge in [0.25, 0.3) is 0 Å². The van der Waals surface area contributed by atoms with Crippen LogP contribution in [0.1, 0.15) is 17.1 Å². The molecule has 122 valence electrons. The van der Waals surface area contributed by atoms with E-state index in [1.165, 1.54) is 0 Å². The fourth-order valence-corrected chi connectivity index (χ4v) is 2.42. The van der Waals surface area contributed by atoms with Crippen molar-refractivity contribution < 1.29 is 4.74 Å². The largest absolute Gasteiger partial charge is 0.481 e. The molecule has 2 aromatic carbocycles. The van der Waals surface area contributed by atoms with Crippen LogP contribution in [-0.4, -0.2) is 16.6 Å². The zero-order chi connectivity index (χ0) is 17.5. The molecule has 0 bridgehead atoms. The average Bonchev–Trinajstić information content (AvgIpc) is 2.65. The third kappa shape index (κ3) is 4.55. The molecule has 0 aliphatic heterocycles. The van der Waals surface area contributed by atoms with Gasteiger partial charge in [-0.1, -0.05) is 42.3 Å². The summed E-state index contributed by atoms with van der Waals surface area (Å²) in [5.74, 6) is 3.94. The maximum absolute atomic E-state index is 5.40. The van der Waals surface area contributed by atoms with E-state index in [4.69, 9.17) is 11.2 Å². The van der Waals surface area contributed by atoms with Gasteiger partial charge in [-0.05, 0) is 48.9 Å². The summed E-state index contributed by atoms with van der Waals surface area (Å²) >= 11 is 0. The summed E-state index contributed by atoms with van der Waals surface area (Å²) < 4.78 is 5.40. The fourth-order valence-electron chi connectivity index (χ4n) is 2.42. The molecule has 3 nitrogen and oxygen atoms in total. The normalized spacial score (nSPS) is 10.6. The van der Waals surface area contributed by atoms with Crippen LogP contribution in [0.2, 0.25) is 0 Å². The second-order valence-electron chi connectivity index (χ2n) is 5.49. The minimum absolute atomic E-state index is 0.264. The van der Waals surface area contributed by atoms with Crippen LogP contribution >= 0.6 is 0 Å². The van der Waals surface area contributed by atoms with Gasteiger partial charge in [0, 0.05) is 5.56 Å². The summed E-state index contributed by atoms with van der Waals surface area (Å²) in [6, 6.07) is 19.8. The zero-order valence-electron chi connectivity index (χ0n) is 14.0. The van der Waals surface area contributed by atoms with Gasteiger partial charge in [0.2, 0.25) is 0 Å². The lowest BCUT2D eigenvalue weighted by Crippen LogP contribution is -1.95. The maximum atomic E-state index is 5.40. The number of rotatable bonds is 5. The van der Waals surface area contributed by atoms with Crippen LogP contribution in [0.25, 0.3) is 23.4 Å². The summed E-state index contributed by atoms with van der Waals surface area (Å²) in [4.78, 5) is 9.02. The molecular formula is C22H18N2O. The van der Waals surface area contributed by atoms with E-state index in [1.807, 2.05) is 67.6 Å². The molecule has 0 spiro atoms. The van der Waals surface area contributed by atoms with Gasteiger partial charge in [-0.25, -0.2) is 9.97 Å². The molecule has 1 aromatic heterocycles. The fraction of sp³-hybridized carbons (Fsp3) is 0.0909. The summed E-state index contributed by atoms with van der Waals surface area (Å²) in [7, 11) is 0. The third-order valence-electron chi connectivity index (χ3n) is 3.58. The first-order valence-electron chi connectivity index (χ1n) is 8.00. The van der Waals surface area contributed by atoms with Crippen molar-refractivity contribution in [1.82, 2.24) is 9.97 Å². The van der Waals surface area contributed by atoms with Crippen LogP contribution in [0.15, 0.2) is 60.7 Å². The van der Waals surface area contributed by atoms with Crippen LogP contribution in [0.3, 0.4) is 0 Å².